The van der Waals surface area contributed by atoms with Crippen molar-refractivity contribution in [1.29, 1.82) is 0 Å². The van der Waals surface area contributed by atoms with Crippen LogP contribution < -0.4 is 14.7 Å². The quantitative estimate of drug-likeness (QED) is 0.0340. The smallest absolute Gasteiger partial charge is 0.799 e. The molecule has 0 saturated carbocycles. The van der Waals surface area contributed by atoms with Gasteiger partial charge in [-0.15, -0.1) is 0 Å². The summed E-state index contributed by atoms with van der Waals surface area (Å²) in [4.78, 5) is 37.0. The summed E-state index contributed by atoms with van der Waals surface area (Å²) in [6.07, 6.45) is 137. The molecule has 0 aromatic heterocycles. The van der Waals surface area contributed by atoms with Crippen LogP contribution in [0.3, 0.4) is 0 Å². The number of hydrogen-bond donors (Lipinski definition) is 0. The predicted molar refractivity (Wildman–Crippen MR) is 529 cm³/mol. The number of rotatable bonds is 96. The van der Waals surface area contributed by atoms with E-state index in [-0.39, 0.29) is 40.8 Å². The van der Waals surface area contributed by atoms with Gasteiger partial charge in [-0.1, -0.05) is 461 Å². The summed E-state index contributed by atoms with van der Waals surface area (Å²) in [7, 11) is -9.41. The molecule has 6 nitrogen and oxygen atoms in total. The minimum atomic E-state index is -3.14. The van der Waals surface area contributed by atoms with Gasteiger partial charge in [0.2, 0.25) is 0 Å². The largest absolute Gasteiger partial charge is 3.00 e. The first-order valence-corrected chi connectivity index (χ1v) is 59.1. The Kier molecular flexibility index (Phi) is 116. The number of allylic oxidation sites excluding steroid dienone is 12. The second-order valence-corrected chi connectivity index (χ2v) is 44.0. The van der Waals surface area contributed by atoms with Crippen molar-refractivity contribution in [3.8, 4) is 0 Å². The minimum absolute atomic E-state index is 0. The summed E-state index contributed by atoms with van der Waals surface area (Å²) < 4.78 is 37.0. The average molecular weight is 1840 g/mol. The molecule has 0 amide bonds. The standard InChI is InChI=1S/3C36H71O2P.Nd/c3*1-3-5-7-9-11-13-15-17-19-21-23-25-27-29-31-33-35-39(37,38)36-34-32-30-28-26-24-22-20-18-16-14-12-10-8-6-4-2;/h3*17-20H,3-16,21-36H2,1-2H3,(H,37,38);/q;;;+3/p-3. The molecular weight excluding hydrogens is 1630 g/mol. The van der Waals surface area contributed by atoms with Crippen molar-refractivity contribution in [2.75, 3.05) is 37.0 Å². The van der Waals surface area contributed by atoms with E-state index in [2.05, 4.69) is 114 Å². The van der Waals surface area contributed by atoms with Gasteiger partial charge in [0.05, 0.1) is 0 Å². The van der Waals surface area contributed by atoms with Gasteiger partial charge in [0, 0.05) is 22.1 Å². The molecule has 0 aliphatic heterocycles. The third-order valence-corrected chi connectivity index (χ3v) is 30.0. The van der Waals surface area contributed by atoms with E-state index in [1.54, 1.807) is 0 Å². The Morgan fingerprint density at radius 3 is 0.305 bits per heavy atom. The third kappa shape index (κ3) is 118. The fourth-order valence-electron chi connectivity index (χ4n) is 15.9. The fourth-order valence-corrected chi connectivity index (χ4v) is 20.8. The van der Waals surface area contributed by atoms with Gasteiger partial charge in [0.25, 0.3) is 0 Å². The Hall–Kier alpha value is 0.361. The molecule has 118 heavy (non-hydrogen) atoms. The van der Waals surface area contributed by atoms with Gasteiger partial charge in [-0.05, 0) is 230 Å². The Balaban J connectivity index is -0.000000823. The summed E-state index contributed by atoms with van der Waals surface area (Å²) in [6, 6.07) is 0. The first kappa shape index (κ1) is 125. The topological polar surface area (TPSA) is 120 Å². The maximum atomic E-state index is 12.3. The zero-order valence-electron chi connectivity index (χ0n) is 80.9. The number of hydrogen-bond acceptors (Lipinski definition) is 6. The molecule has 0 N–H and O–H groups in total. The van der Waals surface area contributed by atoms with Crippen molar-refractivity contribution in [3.05, 3.63) is 72.9 Å². The van der Waals surface area contributed by atoms with Crippen LogP contribution >= 0.6 is 22.1 Å². The molecule has 0 aromatic rings. The molecule has 0 aliphatic rings. The monoisotopic (exact) mass is 1840 g/mol. The van der Waals surface area contributed by atoms with E-state index in [4.69, 9.17) is 0 Å². The SMILES string of the molecule is CCCCCCCCC=CCCCCCCCCP(=O)([O-])CCCCCCCCC=CCCCCCCCC.CCCCCCCCC=CCCCCCCCCP(=O)([O-])CCCCCCCCC=CCCCCCCCC.CCCCCCCCC=CCCCCCCCCP(=O)([O-])CCCCCCCCC=CCCCCCCCC.[Nd+3]. The molecule has 0 bridgehead atoms. The van der Waals surface area contributed by atoms with E-state index in [1.807, 2.05) is 0 Å². The van der Waals surface area contributed by atoms with Gasteiger partial charge in [-0.3, -0.25) is 0 Å². The molecule has 0 spiro atoms. The van der Waals surface area contributed by atoms with E-state index in [9.17, 15) is 28.4 Å². The second-order valence-electron chi connectivity index (χ2n) is 36.4. The summed E-state index contributed by atoms with van der Waals surface area (Å²) in [5, 5.41) is 0. The van der Waals surface area contributed by atoms with Crippen molar-refractivity contribution in [2.24, 2.45) is 0 Å². The Bertz CT molecular complexity index is 1810. The molecule has 0 aromatic carbocycles. The molecule has 0 heterocycles. The number of unbranched alkanes of at least 4 members (excludes halogenated alkanes) is 72. The van der Waals surface area contributed by atoms with Crippen LogP contribution in [0.25, 0.3) is 0 Å². The minimum Gasteiger partial charge on any atom is -0.799 e. The van der Waals surface area contributed by atoms with Gasteiger partial charge in [-0.25, -0.2) is 0 Å². The molecule has 697 valence electrons. The molecule has 10 heteroatoms. The van der Waals surface area contributed by atoms with Crippen molar-refractivity contribution < 1.29 is 69.2 Å². The van der Waals surface area contributed by atoms with Crippen molar-refractivity contribution in [2.45, 2.75) is 581 Å². The molecule has 1 radical (unpaired) electrons. The van der Waals surface area contributed by atoms with Crippen molar-refractivity contribution >= 4 is 22.1 Å². The molecule has 0 atom stereocenters. The fraction of sp³-hybridized carbons (Fsp3) is 0.889. The van der Waals surface area contributed by atoms with E-state index < -0.39 is 22.1 Å². The summed E-state index contributed by atoms with van der Waals surface area (Å²) in [5.41, 5.74) is 0. The zero-order chi connectivity index (χ0) is 85.6. The molecule has 0 rings (SSSR count). The van der Waals surface area contributed by atoms with Gasteiger partial charge in [0.1, 0.15) is 0 Å². The summed E-state index contributed by atoms with van der Waals surface area (Å²) in [6.45, 7) is 13.6. The maximum absolute atomic E-state index is 12.3. The third-order valence-electron chi connectivity index (χ3n) is 24.1. The van der Waals surface area contributed by atoms with Gasteiger partial charge >= 0.3 is 40.8 Å². The van der Waals surface area contributed by atoms with E-state index >= 15 is 0 Å². The van der Waals surface area contributed by atoms with Crippen LogP contribution in [0, 0.1) is 40.8 Å². The Morgan fingerprint density at radius 2 is 0.212 bits per heavy atom. The normalized spacial score (nSPS) is 13.5. The molecular formula is C108H210NdO6P3. The van der Waals surface area contributed by atoms with Crippen LogP contribution in [-0.2, 0) is 13.7 Å². The summed E-state index contributed by atoms with van der Waals surface area (Å²) >= 11 is 0. The van der Waals surface area contributed by atoms with Gasteiger partial charge < -0.3 is 28.4 Å². The molecule has 0 fully saturated rings. The maximum Gasteiger partial charge on any atom is 3.00 e. The molecule has 0 unspecified atom stereocenters. The zero-order valence-corrected chi connectivity index (χ0v) is 86.8. The van der Waals surface area contributed by atoms with E-state index in [1.165, 1.54) is 462 Å². The van der Waals surface area contributed by atoms with Crippen LogP contribution in [0.15, 0.2) is 72.9 Å². The van der Waals surface area contributed by atoms with Crippen LogP contribution in [0.2, 0.25) is 0 Å². The summed E-state index contributed by atoms with van der Waals surface area (Å²) in [5.74, 6) is 0. The van der Waals surface area contributed by atoms with Crippen molar-refractivity contribution in [1.82, 2.24) is 0 Å². The van der Waals surface area contributed by atoms with Crippen LogP contribution in [0.1, 0.15) is 581 Å². The Labute approximate surface area is 775 Å². The van der Waals surface area contributed by atoms with Crippen LogP contribution in [0.5, 0.6) is 0 Å². The second kappa shape index (κ2) is 110. The predicted octanol–water partition coefficient (Wildman–Crippen LogP) is 38.1. The van der Waals surface area contributed by atoms with E-state index in [0.29, 0.717) is 37.0 Å². The van der Waals surface area contributed by atoms with E-state index in [0.717, 1.165) is 77.0 Å². The first-order chi connectivity index (χ1) is 57.4. The Morgan fingerprint density at radius 1 is 0.136 bits per heavy atom. The average Bonchev–Trinajstić information content (AvgIpc) is 0.951. The van der Waals surface area contributed by atoms with Crippen molar-refractivity contribution in [3.63, 3.8) is 0 Å². The molecule has 0 aliphatic carbocycles. The molecule has 0 saturated heterocycles. The first-order valence-electron chi connectivity index (χ1n) is 53.1. The van der Waals surface area contributed by atoms with Crippen LogP contribution in [0.4, 0.5) is 0 Å². The van der Waals surface area contributed by atoms with Crippen LogP contribution in [-0.4, -0.2) is 37.0 Å². The van der Waals surface area contributed by atoms with Gasteiger partial charge in [-0.2, -0.15) is 0 Å². The van der Waals surface area contributed by atoms with Gasteiger partial charge in [0.15, 0.2) is 0 Å².